The number of nitrogens with zero attached hydrogens (tertiary/aromatic N) is 1. The van der Waals surface area contributed by atoms with E-state index in [2.05, 4.69) is 40.6 Å². The lowest BCUT2D eigenvalue weighted by molar-refractivity contribution is 0.473. The molecule has 29 heavy (non-hydrogen) atoms. The maximum atomic E-state index is 11.5. The summed E-state index contributed by atoms with van der Waals surface area (Å²) in [5, 5.41) is 13.9. The zero-order chi connectivity index (χ0) is 20.1. The molecule has 2 aliphatic carbocycles. The van der Waals surface area contributed by atoms with Gasteiger partial charge in [0.15, 0.2) is 5.82 Å². The Kier molecular flexibility index (Phi) is 5.56. The Balaban J connectivity index is 0.000000144. The fourth-order valence-electron chi connectivity index (χ4n) is 3.09. The van der Waals surface area contributed by atoms with Crippen LogP contribution in [0.15, 0.2) is 77.6 Å². The molecule has 2 aliphatic rings. The zero-order valence-corrected chi connectivity index (χ0v) is 16.3. The van der Waals surface area contributed by atoms with Crippen molar-refractivity contribution in [3.8, 4) is 11.5 Å². The molecular formula is C24H23N3O2. The van der Waals surface area contributed by atoms with Gasteiger partial charge in [-0.2, -0.15) is 5.10 Å². The second kappa shape index (κ2) is 8.61. The average molecular weight is 385 g/mol. The van der Waals surface area contributed by atoms with Crippen molar-refractivity contribution >= 4 is 16.6 Å². The molecule has 0 unspecified atom stereocenters. The third-order valence-corrected chi connectivity index (χ3v) is 4.78. The molecule has 0 fully saturated rings. The molecule has 0 atom stereocenters. The van der Waals surface area contributed by atoms with E-state index in [-0.39, 0.29) is 5.56 Å². The van der Waals surface area contributed by atoms with Gasteiger partial charge in [-0.1, -0.05) is 61.9 Å². The summed E-state index contributed by atoms with van der Waals surface area (Å²) in [6.07, 6.45) is 2.23. The van der Waals surface area contributed by atoms with Crippen LogP contribution in [0.25, 0.3) is 10.8 Å². The molecule has 5 rings (SSSR count). The highest BCUT2D eigenvalue weighted by Gasteiger charge is 2.07. The molecule has 0 amide bonds. The molecule has 0 bridgehead atoms. The number of hydrogen-bond acceptors (Lipinski definition) is 4. The van der Waals surface area contributed by atoms with Crippen LogP contribution in [0.2, 0.25) is 0 Å². The van der Waals surface area contributed by atoms with Crippen LogP contribution in [-0.4, -0.2) is 16.7 Å². The van der Waals surface area contributed by atoms with Crippen LogP contribution in [0.4, 0.5) is 5.82 Å². The summed E-state index contributed by atoms with van der Waals surface area (Å²) in [7, 11) is 0. The number of ether oxygens (including phenoxy) is 1. The predicted octanol–water partition coefficient (Wildman–Crippen LogP) is 5.21. The van der Waals surface area contributed by atoms with Gasteiger partial charge in [0.25, 0.3) is 5.56 Å². The van der Waals surface area contributed by atoms with Crippen molar-refractivity contribution in [3.63, 3.8) is 0 Å². The monoisotopic (exact) mass is 385 g/mol. The molecule has 0 spiro atoms. The second-order valence-electron chi connectivity index (χ2n) is 6.85. The number of anilines is 1. The highest BCUT2D eigenvalue weighted by Crippen LogP contribution is 2.28. The van der Waals surface area contributed by atoms with Crippen LogP contribution in [-0.2, 0) is 0 Å². The van der Waals surface area contributed by atoms with Crippen molar-refractivity contribution in [2.45, 2.75) is 19.8 Å². The smallest absolute Gasteiger partial charge is 0.272 e. The van der Waals surface area contributed by atoms with Crippen LogP contribution in [0, 0.1) is 10.4 Å². The van der Waals surface area contributed by atoms with Crippen molar-refractivity contribution in [3.05, 3.63) is 93.6 Å². The molecule has 0 aliphatic heterocycles. The standard InChI is InChI=1S/C12H15N3O.C12H8O/c1-2-3-8-13-11-9-6-4-5-7-10(9)12(16)15-14-11;1-2-4-10(5-3-1)13-12-8-9-6-7-11(9)12/h4-7H,2-3,8H2,1H3,(H,13,14)(H,15,16);1-8H. The first-order valence-corrected chi connectivity index (χ1v) is 9.85. The normalized spacial score (nSPS) is 10.8. The van der Waals surface area contributed by atoms with E-state index in [9.17, 15) is 4.79 Å². The van der Waals surface area contributed by atoms with E-state index >= 15 is 0 Å². The van der Waals surface area contributed by atoms with Gasteiger partial charge in [-0.3, -0.25) is 4.79 Å². The minimum Gasteiger partial charge on any atom is -0.457 e. The molecule has 2 aromatic carbocycles. The second-order valence-corrected chi connectivity index (χ2v) is 6.85. The summed E-state index contributed by atoms with van der Waals surface area (Å²) in [5.41, 5.74) is -0.142. The number of fused-ring (bicyclic) bond motifs is 1. The van der Waals surface area contributed by atoms with Crippen LogP contribution in [0.1, 0.15) is 19.8 Å². The lowest BCUT2D eigenvalue weighted by Gasteiger charge is -2.12. The van der Waals surface area contributed by atoms with E-state index in [0.717, 1.165) is 42.1 Å². The highest BCUT2D eigenvalue weighted by molar-refractivity contribution is 5.90. The molecule has 5 nitrogen and oxygen atoms in total. The van der Waals surface area contributed by atoms with Crippen molar-refractivity contribution in [1.29, 1.82) is 0 Å². The van der Waals surface area contributed by atoms with E-state index in [1.807, 2.05) is 48.5 Å². The first-order valence-electron chi connectivity index (χ1n) is 9.85. The first kappa shape index (κ1) is 18.7. The third kappa shape index (κ3) is 4.14. The maximum absolute atomic E-state index is 11.5. The molecule has 0 radical (unpaired) electrons. The summed E-state index contributed by atoms with van der Waals surface area (Å²) >= 11 is 0. The topological polar surface area (TPSA) is 67.0 Å². The van der Waals surface area contributed by atoms with E-state index in [4.69, 9.17) is 4.74 Å². The Morgan fingerprint density at radius 1 is 0.966 bits per heavy atom. The maximum Gasteiger partial charge on any atom is 0.272 e. The Morgan fingerprint density at radius 3 is 2.38 bits per heavy atom. The largest absolute Gasteiger partial charge is 0.457 e. The first-order chi connectivity index (χ1) is 14.3. The van der Waals surface area contributed by atoms with E-state index in [1.54, 1.807) is 6.07 Å². The number of benzene rings is 3. The molecule has 5 heteroatoms. The van der Waals surface area contributed by atoms with Crippen LogP contribution in [0.3, 0.4) is 0 Å². The highest BCUT2D eigenvalue weighted by atomic mass is 16.5. The molecule has 1 heterocycles. The van der Waals surface area contributed by atoms with Crippen LogP contribution < -0.4 is 15.6 Å². The van der Waals surface area contributed by atoms with Gasteiger partial charge >= 0.3 is 0 Å². The van der Waals surface area contributed by atoms with Gasteiger partial charge in [0.2, 0.25) is 0 Å². The van der Waals surface area contributed by atoms with E-state index in [0.29, 0.717) is 5.39 Å². The van der Waals surface area contributed by atoms with E-state index in [1.165, 1.54) is 10.4 Å². The van der Waals surface area contributed by atoms with Gasteiger partial charge in [0.05, 0.1) is 5.39 Å². The Labute approximate surface area is 168 Å². The van der Waals surface area contributed by atoms with Crippen molar-refractivity contribution in [1.82, 2.24) is 10.2 Å². The van der Waals surface area contributed by atoms with Crippen molar-refractivity contribution < 1.29 is 4.74 Å². The number of unbranched alkanes of at least 4 members (excludes halogenated alkanes) is 1. The number of para-hydroxylation sites is 1. The van der Waals surface area contributed by atoms with Gasteiger partial charge in [-0.25, -0.2) is 5.10 Å². The van der Waals surface area contributed by atoms with Gasteiger partial charge in [0, 0.05) is 17.1 Å². The number of aromatic nitrogens is 2. The molecule has 3 aromatic rings. The quantitative estimate of drug-likeness (QED) is 0.394. The summed E-state index contributed by atoms with van der Waals surface area (Å²) in [6, 6.07) is 23.6. The van der Waals surface area contributed by atoms with Crippen LogP contribution in [0.5, 0.6) is 11.5 Å². The molecule has 146 valence electrons. The minimum atomic E-state index is -0.142. The SMILES string of the molecule is CCCCNc1n[nH]c(=O)c2ccccc12.c1ccc(Oc2cc3ccc2=3)cc1. The Morgan fingerprint density at radius 2 is 1.72 bits per heavy atom. The number of nitrogens with one attached hydrogen (secondary N) is 2. The number of aromatic amines is 1. The molecule has 1 aromatic heterocycles. The third-order valence-electron chi connectivity index (χ3n) is 4.78. The Hall–Kier alpha value is -3.60. The van der Waals surface area contributed by atoms with Crippen molar-refractivity contribution in [2.75, 3.05) is 11.9 Å². The number of rotatable bonds is 6. The molecule has 0 saturated heterocycles. The Bertz CT molecular complexity index is 1270. The summed E-state index contributed by atoms with van der Waals surface area (Å²) in [4.78, 5) is 11.5. The van der Waals surface area contributed by atoms with Crippen LogP contribution >= 0.6 is 0 Å². The van der Waals surface area contributed by atoms with Gasteiger partial charge < -0.3 is 10.1 Å². The van der Waals surface area contributed by atoms with Crippen molar-refractivity contribution in [2.24, 2.45) is 0 Å². The molecule has 2 N–H and O–H groups in total. The fourth-order valence-corrected chi connectivity index (χ4v) is 3.09. The summed E-state index contributed by atoms with van der Waals surface area (Å²) in [5.74, 6) is 2.65. The van der Waals surface area contributed by atoms with Gasteiger partial charge in [0.1, 0.15) is 11.5 Å². The minimum absolute atomic E-state index is 0.142. The summed E-state index contributed by atoms with van der Waals surface area (Å²) < 4.78 is 5.64. The van der Waals surface area contributed by atoms with Gasteiger partial charge in [-0.05, 0) is 35.9 Å². The average Bonchev–Trinajstić information content (AvgIpc) is 2.75. The lowest BCUT2D eigenvalue weighted by atomic mass is 10.1. The zero-order valence-electron chi connectivity index (χ0n) is 16.3. The number of H-pyrrole nitrogens is 1. The van der Waals surface area contributed by atoms with Gasteiger partial charge in [-0.15, -0.1) is 0 Å². The fraction of sp³-hybridized carbons (Fsp3) is 0.167. The molecular weight excluding hydrogens is 362 g/mol. The number of hydrogen-bond donors (Lipinski definition) is 2. The molecule has 0 saturated carbocycles. The summed E-state index contributed by atoms with van der Waals surface area (Å²) in [6.45, 7) is 3.01. The lowest BCUT2D eigenvalue weighted by Crippen LogP contribution is -2.12. The van der Waals surface area contributed by atoms with E-state index < -0.39 is 0 Å². The predicted molar refractivity (Wildman–Crippen MR) is 116 cm³/mol.